The van der Waals surface area contributed by atoms with E-state index >= 15 is 0 Å². The number of pyridine rings is 1. The molecule has 4 aromatic rings. The Morgan fingerprint density at radius 1 is 1.10 bits per heavy atom. The zero-order chi connectivity index (χ0) is 19.8. The van der Waals surface area contributed by atoms with E-state index in [9.17, 15) is 4.79 Å². The molecule has 0 spiro atoms. The van der Waals surface area contributed by atoms with Crippen LogP contribution in [0.4, 0.5) is 10.9 Å². The Morgan fingerprint density at radius 3 is 2.83 bits per heavy atom. The molecule has 3 heterocycles. The van der Waals surface area contributed by atoms with Crippen LogP contribution in [0.1, 0.15) is 21.5 Å². The number of benzene rings is 2. The number of aromatic nitrogens is 2. The van der Waals surface area contributed by atoms with Crippen molar-refractivity contribution < 1.29 is 4.79 Å². The number of carbonyl (C=O) groups excluding carboxylic acids is 1. The predicted octanol–water partition coefficient (Wildman–Crippen LogP) is 5.27. The summed E-state index contributed by atoms with van der Waals surface area (Å²) in [4.78, 5) is 24.3. The lowest BCUT2D eigenvalue weighted by atomic mass is 9.94. The van der Waals surface area contributed by atoms with Crippen LogP contribution in [0.2, 0.25) is 0 Å². The molecule has 1 N–H and O–H groups in total. The maximum atomic E-state index is 13.1. The van der Waals surface area contributed by atoms with Gasteiger partial charge in [-0.25, -0.2) is 9.97 Å². The minimum Gasteiger partial charge on any atom is -0.352 e. The van der Waals surface area contributed by atoms with Crippen molar-refractivity contribution in [3.8, 4) is 0 Å². The number of anilines is 2. The quantitative estimate of drug-likeness (QED) is 0.448. The topological polar surface area (TPSA) is 58.1 Å². The molecule has 1 aliphatic rings. The molecular formula is C22H17BrN4OS. The minimum atomic E-state index is -0.119. The summed E-state index contributed by atoms with van der Waals surface area (Å²) < 4.78 is 2.01. The molecule has 5 nitrogen and oxygen atoms in total. The third-order valence-electron chi connectivity index (χ3n) is 5.07. The van der Waals surface area contributed by atoms with Gasteiger partial charge in [0.05, 0.1) is 10.2 Å². The lowest BCUT2D eigenvalue weighted by Crippen LogP contribution is -2.32. The van der Waals surface area contributed by atoms with Crippen LogP contribution in [0.25, 0.3) is 10.2 Å². The van der Waals surface area contributed by atoms with E-state index in [-0.39, 0.29) is 5.91 Å². The number of thiazole rings is 1. The lowest BCUT2D eigenvalue weighted by Gasteiger charge is -2.31. The molecule has 0 radical (unpaired) electrons. The van der Waals surface area contributed by atoms with Gasteiger partial charge in [-0.05, 0) is 63.8 Å². The fourth-order valence-corrected chi connectivity index (χ4v) is 4.73. The van der Waals surface area contributed by atoms with E-state index in [0.29, 0.717) is 17.2 Å². The van der Waals surface area contributed by atoms with Gasteiger partial charge in [-0.1, -0.05) is 35.6 Å². The molecule has 2 aromatic carbocycles. The van der Waals surface area contributed by atoms with Crippen LogP contribution in [0.3, 0.4) is 0 Å². The van der Waals surface area contributed by atoms with E-state index in [1.54, 1.807) is 6.20 Å². The van der Waals surface area contributed by atoms with Gasteiger partial charge in [0.15, 0.2) is 5.13 Å². The summed E-state index contributed by atoms with van der Waals surface area (Å²) in [7, 11) is 0. The summed E-state index contributed by atoms with van der Waals surface area (Å²) in [6.07, 6.45) is 2.69. The van der Waals surface area contributed by atoms with Gasteiger partial charge < -0.3 is 4.90 Å². The number of hydrogen-bond donors (Lipinski definition) is 1. The highest BCUT2D eigenvalue weighted by atomic mass is 79.9. The molecule has 0 bridgehead atoms. The number of halogens is 1. The van der Waals surface area contributed by atoms with Crippen molar-refractivity contribution in [2.75, 3.05) is 16.8 Å². The van der Waals surface area contributed by atoms with Gasteiger partial charge in [0, 0.05) is 29.3 Å². The summed E-state index contributed by atoms with van der Waals surface area (Å²) in [5.74, 6) is 0.798. The number of fused-ring (bicyclic) bond motifs is 2. The third kappa shape index (κ3) is 3.63. The van der Waals surface area contributed by atoms with E-state index in [4.69, 9.17) is 0 Å². The number of amides is 1. The van der Waals surface area contributed by atoms with E-state index in [1.165, 1.54) is 16.9 Å². The molecular weight excluding hydrogens is 448 g/mol. The first kappa shape index (κ1) is 18.3. The monoisotopic (exact) mass is 464 g/mol. The van der Waals surface area contributed by atoms with Gasteiger partial charge in [-0.3, -0.25) is 10.1 Å². The maximum Gasteiger partial charge on any atom is 0.257 e. The lowest BCUT2D eigenvalue weighted by molar-refractivity contribution is 0.102. The highest BCUT2D eigenvalue weighted by Gasteiger charge is 2.23. The molecule has 0 fully saturated rings. The molecule has 1 aliphatic heterocycles. The fraction of sp³-hybridized carbons (Fsp3) is 0.136. The molecule has 1 amide bonds. The zero-order valence-electron chi connectivity index (χ0n) is 15.4. The number of nitrogens with one attached hydrogen (secondary N) is 1. The predicted molar refractivity (Wildman–Crippen MR) is 121 cm³/mol. The molecule has 7 heteroatoms. The molecule has 0 saturated carbocycles. The Kier molecular flexibility index (Phi) is 4.77. The third-order valence-corrected chi connectivity index (χ3v) is 6.49. The largest absolute Gasteiger partial charge is 0.352 e. The van der Waals surface area contributed by atoms with Crippen molar-refractivity contribution in [2.45, 2.75) is 13.0 Å². The Morgan fingerprint density at radius 2 is 2.00 bits per heavy atom. The highest BCUT2D eigenvalue weighted by molar-refractivity contribution is 9.10. The SMILES string of the molecule is O=C(Nc1nc2ccccc2s1)c1cccc2c1CN(c1ccc(Br)cn1)CC2. The first-order valence-electron chi connectivity index (χ1n) is 9.31. The molecule has 2 aromatic heterocycles. The van der Waals surface area contributed by atoms with Crippen LogP contribution in [0.15, 0.2) is 65.3 Å². The molecule has 0 unspecified atom stereocenters. The van der Waals surface area contributed by atoms with Crippen LogP contribution in [0, 0.1) is 0 Å². The van der Waals surface area contributed by atoms with Crippen LogP contribution in [0.5, 0.6) is 0 Å². The summed E-state index contributed by atoms with van der Waals surface area (Å²) in [6.45, 7) is 1.54. The number of hydrogen-bond acceptors (Lipinski definition) is 5. The second-order valence-corrected chi connectivity index (χ2v) is 8.84. The second-order valence-electron chi connectivity index (χ2n) is 6.89. The van der Waals surface area contributed by atoms with E-state index in [0.717, 1.165) is 39.0 Å². The van der Waals surface area contributed by atoms with Gasteiger partial charge in [0.2, 0.25) is 0 Å². The number of nitrogens with zero attached hydrogens (tertiary/aromatic N) is 3. The Balaban J connectivity index is 1.42. The van der Waals surface area contributed by atoms with Crippen molar-refractivity contribution in [1.29, 1.82) is 0 Å². The molecule has 0 saturated heterocycles. The van der Waals surface area contributed by atoms with Gasteiger partial charge in [-0.2, -0.15) is 0 Å². The van der Waals surface area contributed by atoms with E-state index in [1.807, 2.05) is 48.5 Å². The molecule has 0 aliphatic carbocycles. The van der Waals surface area contributed by atoms with Crippen LogP contribution >= 0.6 is 27.3 Å². The number of rotatable bonds is 3. The van der Waals surface area contributed by atoms with Crippen LogP contribution < -0.4 is 10.2 Å². The number of para-hydroxylation sites is 1. The zero-order valence-corrected chi connectivity index (χ0v) is 17.8. The Hall–Kier alpha value is -2.77. The maximum absolute atomic E-state index is 13.1. The van der Waals surface area contributed by atoms with Crippen molar-refractivity contribution in [3.05, 3.63) is 82.0 Å². The smallest absolute Gasteiger partial charge is 0.257 e. The molecule has 29 heavy (non-hydrogen) atoms. The normalized spacial score (nSPS) is 13.3. The molecule has 5 rings (SSSR count). The van der Waals surface area contributed by atoms with Crippen molar-refractivity contribution in [3.63, 3.8) is 0 Å². The van der Waals surface area contributed by atoms with Gasteiger partial charge in [0.25, 0.3) is 5.91 Å². The van der Waals surface area contributed by atoms with Crippen molar-refractivity contribution in [1.82, 2.24) is 9.97 Å². The average molecular weight is 465 g/mol. The number of carbonyl (C=O) groups is 1. The van der Waals surface area contributed by atoms with E-state index < -0.39 is 0 Å². The summed E-state index contributed by atoms with van der Waals surface area (Å²) in [5.41, 5.74) is 3.87. The van der Waals surface area contributed by atoms with Gasteiger partial charge in [-0.15, -0.1) is 0 Å². The summed E-state index contributed by atoms with van der Waals surface area (Å²) in [5, 5.41) is 3.61. The molecule has 144 valence electrons. The Bertz CT molecular complexity index is 1170. The fourth-order valence-electron chi connectivity index (χ4n) is 3.63. The average Bonchev–Trinajstić information content (AvgIpc) is 3.15. The Labute approximate surface area is 180 Å². The molecule has 0 atom stereocenters. The summed E-state index contributed by atoms with van der Waals surface area (Å²) in [6, 6.07) is 17.8. The van der Waals surface area contributed by atoms with Gasteiger partial charge >= 0.3 is 0 Å². The minimum absolute atomic E-state index is 0.119. The van der Waals surface area contributed by atoms with Crippen LogP contribution in [-0.4, -0.2) is 22.4 Å². The van der Waals surface area contributed by atoms with E-state index in [2.05, 4.69) is 42.2 Å². The first-order valence-corrected chi connectivity index (χ1v) is 10.9. The second kappa shape index (κ2) is 7.57. The standard InChI is InChI=1S/C22H17BrN4OS/c23-15-8-9-20(24-12-15)27-11-10-14-4-3-5-16(17(14)13-27)21(28)26-22-25-18-6-1-2-7-19(18)29-22/h1-9,12H,10-11,13H2,(H,25,26,28). The van der Waals surface area contributed by atoms with Gasteiger partial charge in [0.1, 0.15) is 5.82 Å². The van der Waals surface area contributed by atoms with Crippen molar-refractivity contribution in [2.24, 2.45) is 0 Å². The highest BCUT2D eigenvalue weighted by Crippen LogP contribution is 2.29. The van der Waals surface area contributed by atoms with Crippen LogP contribution in [-0.2, 0) is 13.0 Å². The first-order chi connectivity index (χ1) is 14.2. The summed E-state index contributed by atoms with van der Waals surface area (Å²) >= 11 is 4.92. The van der Waals surface area contributed by atoms with Crippen molar-refractivity contribution >= 4 is 54.3 Å².